The van der Waals surface area contributed by atoms with E-state index in [-0.39, 0.29) is 23.1 Å². The number of aromatic carboxylic acids is 1. The van der Waals surface area contributed by atoms with Gasteiger partial charge in [0.15, 0.2) is 0 Å². The van der Waals surface area contributed by atoms with E-state index in [1.54, 1.807) is 0 Å². The standard InChI is InChI=1S/C14H13F3O3/c15-14(16,17)20-12-10(7-1-2-7)5-9(13(18)19)6-11(12)8-3-4-8/h5-8H,1-4H2,(H,18,19). The molecule has 2 saturated carbocycles. The second-order valence-electron chi connectivity index (χ2n) is 5.39. The predicted molar refractivity (Wildman–Crippen MR) is 64.0 cm³/mol. The Morgan fingerprint density at radius 3 is 1.85 bits per heavy atom. The molecule has 0 spiro atoms. The van der Waals surface area contributed by atoms with Gasteiger partial charge in [-0.25, -0.2) is 4.79 Å². The Morgan fingerprint density at radius 1 is 1.10 bits per heavy atom. The van der Waals surface area contributed by atoms with E-state index in [9.17, 15) is 18.0 Å². The van der Waals surface area contributed by atoms with Gasteiger partial charge in [-0.1, -0.05) is 0 Å². The molecular formula is C14H13F3O3. The molecule has 3 nitrogen and oxygen atoms in total. The van der Waals surface area contributed by atoms with Crippen LogP contribution in [0.15, 0.2) is 12.1 Å². The Balaban J connectivity index is 2.10. The molecular weight excluding hydrogens is 273 g/mol. The maximum absolute atomic E-state index is 12.6. The minimum Gasteiger partial charge on any atom is -0.478 e. The SMILES string of the molecule is O=C(O)c1cc(C2CC2)c(OC(F)(F)F)c(C2CC2)c1. The number of carboxylic acids is 1. The number of carboxylic acid groups (broad SMARTS) is 1. The van der Waals surface area contributed by atoms with Crippen molar-refractivity contribution in [3.63, 3.8) is 0 Å². The lowest BCUT2D eigenvalue weighted by molar-refractivity contribution is -0.275. The van der Waals surface area contributed by atoms with Gasteiger partial charge in [-0.05, 0) is 60.8 Å². The highest BCUT2D eigenvalue weighted by atomic mass is 19.4. The molecule has 0 radical (unpaired) electrons. The molecule has 0 heterocycles. The van der Waals surface area contributed by atoms with Crippen molar-refractivity contribution in [2.24, 2.45) is 0 Å². The van der Waals surface area contributed by atoms with Gasteiger partial charge in [0.05, 0.1) is 5.56 Å². The topological polar surface area (TPSA) is 46.5 Å². The molecule has 20 heavy (non-hydrogen) atoms. The number of carbonyl (C=O) groups is 1. The summed E-state index contributed by atoms with van der Waals surface area (Å²) in [7, 11) is 0. The number of rotatable bonds is 4. The maximum Gasteiger partial charge on any atom is 0.573 e. The Hall–Kier alpha value is -1.72. The van der Waals surface area contributed by atoms with Crippen molar-refractivity contribution in [3.05, 3.63) is 28.8 Å². The van der Waals surface area contributed by atoms with Crippen LogP contribution in [0.5, 0.6) is 5.75 Å². The Morgan fingerprint density at radius 2 is 1.55 bits per heavy atom. The van der Waals surface area contributed by atoms with Crippen molar-refractivity contribution in [1.29, 1.82) is 0 Å². The van der Waals surface area contributed by atoms with Crippen LogP contribution in [-0.4, -0.2) is 17.4 Å². The molecule has 0 atom stereocenters. The summed E-state index contributed by atoms with van der Waals surface area (Å²) in [5.74, 6) is -1.30. The highest BCUT2D eigenvalue weighted by Crippen LogP contribution is 2.52. The normalized spacial score (nSPS) is 18.9. The molecule has 0 saturated heterocycles. The van der Waals surface area contributed by atoms with Gasteiger partial charge in [-0.3, -0.25) is 0 Å². The summed E-state index contributed by atoms with van der Waals surface area (Å²) in [6.45, 7) is 0. The van der Waals surface area contributed by atoms with E-state index in [2.05, 4.69) is 4.74 Å². The fourth-order valence-corrected chi connectivity index (χ4v) is 2.43. The van der Waals surface area contributed by atoms with Crippen molar-refractivity contribution in [2.45, 2.75) is 43.9 Å². The molecule has 6 heteroatoms. The van der Waals surface area contributed by atoms with E-state index in [1.165, 1.54) is 12.1 Å². The number of halogens is 3. The van der Waals surface area contributed by atoms with Gasteiger partial charge in [0.2, 0.25) is 0 Å². The van der Waals surface area contributed by atoms with E-state index in [4.69, 9.17) is 5.11 Å². The first-order valence-electron chi connectivity index (χ1n) is 6.52. The molecule has 0 aromatic heterocycles. The van der Waals surface area contributed by atoms with Gasteiger partial charge in [0.25, 0.3) is 0 Å². The van der Waals surface area contributed by atoms with Crippen LogP contribution in [-0.2, 0) is 0 Å². The van der Waals surface area contributed by atoms with Crippen molar-refractivity contribution in [3.8, 4) is 5.75 Å². The third kappa shape index (κ3) is 2.73. The third-order valence-corrected chi connectivity index (χ3v) is 3.65. The smallest absolute Gasteiger partial charge is 0.478 e. The molecule has 0 unspecified atom stereocenters. The summed E-state index contributed by atoms with van der Waals surface area (Å²) in [4.78, 5) is 11.1. The zero-order chi connectivity index (χ0) is 14.5. The van der Waals surface area contributed by atoms with Gasteiger partial charge >= 0.3 is 12.3 Å². The van der Waals surface area contributed by atoms with Gasteiger partial charge in [0, 0.05) is 0 Å². The van der Waals surface area contributed by atoms with E-state index in [1.807, 2.05) is 0 Å². The summed E-state index contributed by atoms with van der Waals surface area (Å²) >= 11 is 0. The molecule has 2 aliphatic rings. The third-order valence-electron chi connectivity index (χ3n) is 3.65. The zero-order valence-electron chi connectivity index (χ0n) is 10.5. The van der Waals surface area contributed by atoms with Crippen LogP contribution >= 0.6 is 0 Å². The van der Waals surface area contributed by atoms with Crippen LogP contribution in [0, 0.1) is 0 Å². The van der Waals surface area contributed by atoms with Gasteiger partial charge < -0.3 is 9.84 Å². The van der Waals surface area contributed by atoms with E-state index in [0.29, 0.717) is 11.1 Å². The molecule has 3 rings (SSSR count). The zero-order valence-corrected chi connectivity index (χ0v) is 10.5. The summed E-state index contributed by atoms with van der Waals surface area (Å²) in [5, 5.41) is 9.10. The lowest BCUT2D eigenvalue weighted by Gasteiger charge is -2.18. The monoisotopic (exact) mass is 286 g/mol. The number of ether oxygens (including phenoxy) is 1. The van der Waals surface area contributed by atoms with Crippen LogP contribution in [0.4, 0.5) is 13.2 Å². The van der Waals surface area contributed by atoms with E-state index in [0.717, 1.165) is 25.7 Å². The number of benzene rings is 1. The fraction of sp³-hybridized carbons (Fsp3) is 0.500. The van der Waals surface area contributed by atoms with E-state index >= 15 is 0 Å². The quantitative estimate of drug-likeness (QED) is 0.908. The van der Waals surface area contributed by atoms with Gasteiger partial charge in [-0.2, -0.15) is 0 Å². The highest BCUT2D eigenvalue weighted by Gasteiger charge is 2.39. The first kappa shape index (κ1) is 13.3. The molecule has 108 valence electrons. The van der Waals surface area contributed by atoms with Crippen LogP contribution < -0.4 is 4.74 Å². The van der Waals surface area contributed by atoms with Crippen molar-refractivity contribution in [1.82, 2.24) is 0 Å². The van der Waals surface area contributed by atoms with Crippen molar-refractivity contribution in [2.75, 3.05) is 0 Å². The highest BCUT2D eigenvalue weighted by molar-refractivity contribution is 5.88. The molecule has 1 aromatic carbocycles. The maximum atomic E-state index is 12.6. The minimum atomic E-state index is -4.75. The number of alkyl halides is 3. The lowest BCUT2D eigenvalue weighted by Crippen LogP contribution is -2.19. The fourth-order valence-electron chi connectivity index (χ4n) is 2.43. The van der Waals surface area contributed by atoms with Crippen LogP contribution in [0.2, 0.25) is 0 Å². The minimum absolute atomic E-state index is 0.0100. The van der Waals surface area contributed by atoms with Crippen LogP contribution in [0.1, 0.15) is 59.0 Å². The van der Waals surface area contributed by atoms with Crippen molar-refractivity contribution < 1.29 is 27.8 Å². The molecule has 2 fully saturated rings. The molecule has 0 aliphatic heterocycles. The molecule has 1 N–H and O–H groups in total. The molecule has 0 amide bonds. The number of hydrogen-bond acceptors (Lipinski definition) is 2. The summed E-state index contributed by atoms with van der Waals surface area (Å²) in [6.07, 6.45) is -1.64. The Labute approximate surface area is 113 Å². The second kappa shape index (κ2) is 4.40. The molecule has 2 aliphatic carbocycles. The Kier molecular flexibility index (Phi) is 2.92. The largest absolute Gasteiger partial charge is 0.573 e. The van der Waals surface area contributed by atoms with Crippen molar-refractivity contribution >= 4 is 5.97 Å². The first-order chi connectivity index (χ1) is 9.35. The first-order valence-corrected chi connectivity index (χ1v) is 6.52. The van der Waals surface area contributed by atoms with Gasteiger partial charge in [0.1, 0.15) is 5.75 Å². The summed E-state index contributed by atoms with van der Waals surface area (Å²) in [6, 6.07) is 2.65. The average molecular weight is 286 g/mol. The van der Waals surface area contributed by atoms with E-state index < -0.39 is 12.3 Å². The van der Waals surface area contributed by atoms with Crippen LogP contribution in [0.25, 0.3) is 0 Å². The predicted octanol–water partition coefficient (Wildman–Crippen LogP) is 4.04. The lowest BCUT2D eigenvalue weighted by atomic mass is 9.98. The summed E-state index contributed by atoms with van der Waals surface area (Å²) < 4.78 is 42.0. The average Bonchev–Trinajstić information content (AvgIpc) is 3.20. The molecule has 0 bridgehead atoms. The van der Waals surface area contributed by atoms with Gasteiger partial charge in [-0.15, -0.1) is 13.2 Å². The summed E-state index contributed by atoms with van der Waals surface area (Å²) in [5.41, 5.74) is 0.830. The number of hydrogen-bond donors (Lipinski definition) is 1. The Bertz CT molecular complexity index is 524. The van der Waals surface area contributed by atoms with Crippen LogP contribution in [0.3, 0.4) is 0 Å². The molecule has 1 aromatic rings. The second-order valence-corrected chi connectivity index (χ2v) is 5.39.